The van der Waals surface area contributed by atoms with Gasteiger partial charge in [0, 0.05) is 19.0 Å². The Labute approximate surface area is 184 Å². The molecule has 1 saturated heterocycles. The molecule has 1 aromatic heterocycles. The molecule has 2 fully saturated rings. The standard InChI is InChI=1S/C23H39N5O3/c1-4-5-13-27(20-21(24)28(14-16(2)3)23(31)25-22(20)30)19(29)15-26-12-8-10-17-9-6-7-11-18(17)26/h16-18H,4-15,24H2,1-3H3,(H,25,30,31)/p+1/t17-,18+/m1/s1. The molecule has 3 atom stereocenters. The van der Waals surface area contributed by atoms with Crippen LogP contribution in [0.5, 0.6) is 0 Å². The summed E-state index contributed by atoms with van der Waals surface area (Å²) in [6.07, 6.45) is 9.09. The van der Waals surface area contributed by atoms with Gasteiger partial charge in [-0.05, 0) is 44.4 Å². The van der Waals surface area contributed by atoms with E-state index in [9.17, 15) is 14.4 Å². The van der Waals surface area contributed by atoms with Crippen LogP contribution in [0.25, 0.3) is 0 Å². The van der Waals surface area contributed by atoms with Gasteiger partial charge >= 0.3 is 5.69 Å². The minimum Gasteiger partial charge on any atom is -0.383 e. The van der Waals surface area contributed by atoms with Crippen molar-refractivity contribution in [2.75, 3.05) is 30.3 Å². The fraction of sp³-hybridized carbons (Fsp3) is 0.783. The van der Waals surface area contributed by atoms with Crippen molar-refractivity contribution in [1.82, 2.24) is 9.55 Å². The number of likely N-dealkylation sites (tertiary alicyclic amines) is 1. The predicted octanol–water partition coefficient (Wildman–Crippen LogP) is 1.15. The number of rotatable bonds is 8. The van der Waals surface area contributed by atoms with Gasteiger partial charge in [0.1, 0.15) is 5.82 Å². The second-order valence-electron chi connectivity index (χ2n) is 9.77. The number of nitrogens with one attached hydrogen (secondary N) is 2. The summed E-state index contributed by atoms with van der Waals surface area (Å²) in [6, 6.07) is 0.546. The number of nitrogens with zero attached hydrogens (tertiary/aromatic N) is 2. The maximum Gasteiger partial charge on any atom is 0.330 e. The lowest BCUT2D eigenvalue weighted by Crippen LogP contribution is -3.18. The third-order valence-electron chi connectivity index (χ3n) is 6.95. The summed E-state index contributed by atoms with van der Waals surface area (Å²) < 4.78 is 1.39. The molecule has 4 N–H and O–H groups in total. The van der Waals surface area contributed by atoms with Crippen molar-refractivity contribution in [1.29, 1.82) is 0 Å². The van der Waals surface area contributed by atoms with Crippen molar-refractivity contribution in [3.63, 3.8) is 0 Å². The zero-order chi connectivity index (χ0) is 22.5. The number of amides is 1. The van der Waals surface area contributed by atoms with Crippen LogP contribution in [0.2, 0.25) is 0 Å². The van der Waals surface area contributed by atoms with Crippen molar-refractivity contribution in [2.24, 2.45) is 11.8 Å². The Morgan fingerprint density at radius 2 is 1.94 bits per heavy atom. The Balaban J connectivity index is 1.90. The Hall–Kier alpha value is -2.09. The number of unbranched alkanes of at least 4 members (excludes halogenated alkanes) is 1. The Morgan fingerprint density at radius 1 is 1.23 bits per heavy atom. The zero-order valence-electron chi connectivity index (χ0n) is 19.4. The Kier molecular flexibility index (Phi) is 7.97. The van der Waals surface area contributed by atoms with E-state index in [4.69, 9.17) is 5.73 Å². The molecule has 3 rings (SSSR count). The largest absolute Gasteiger partial charge is 0.383 e. The number of hydrogen-bond acceptors (Lipinski definition) is 4. The molecule has 1 saturated carbocycles. The van der Waals surface area contributed by atoms with Crippen LogP contribution >= 0.6 is 0 Å². The van der Waals surface area contributed by atoms with E-state index in [0.29, 0.717) is 25.7 Å². The number of nitrogen functional groups attached to an aromatic ring is 1. The molecule has 2 aliphatic rings. The number of carbonyl (C=O) groups excluding carboxylic acids is 1. The third kappa shape index (κ3) is 5.40. The molecule has 0 bridgehead atoms. The van der Waals surface area contributed by atoms with Crippen molar-refractivity contribution < 1.29 is 9.69 Å². The van der Waals surface area contributed by atoms with E-state index in [-0.39, 0.29) is 23.3 Å². The number of aromatic nitrogens is 2. The molecule has 0 radical (unpaired) electrons. The van der Waals surface area contributed by atoms with Crippen LogP contribution in [0, 0.1) is 11.8 Å². The van der Waals surface area contributed by atoms with Crippen LogP contribution in [0.15, 0.2) is 9.59 Å². The van der Waals surface area contributed by atoms with Crippen molar-refractivity contribution in [2.45, 2.75) is 84.7 Å². The monoisotopic (exact) mass is 434 g/mol. The molecule has 1 unspecified atom stereocenters. The molecule has 8 heteroatoms. The molecule has 31 heavy (non-hydrogen) atoms. The molecule has 1 aliphatic carbocycles. The second-order valence-corrected chi connectivity index (χ2v) is 9.77. The quantitative estimate of drug-likeness (QED) is 0.571. The molecule has 1 aromatic rings. The number of H-pyrrole nitrogens is 1. The summed E-state index contributed by atoms with van der Waals surface area (Å²) in [5.41, 5.74) is 5.37. The normalized spacial score (nSPS) is 23.5. The van der Waals surface area contributed by atoms with Gasteiger partial charge in [0.2, 0.25) is 0 Å². The fourth-order valence-corrected chi connectivity index (χ4v) is 5.44. The van der Waals surface area contributed by atoms with Crippen LogP contribution in [-0.2, 0) is 11.3 Å². The topological polar surface area (TPSA) is 106 Å². The summed E-state index contributed by atoms with van der Waals surface area (Å²) in [5.74, 6) is 0.924. The number of aromatic amines is 1. The number of piperidine rings is 1. The van der Waals surface area contributed by atoms with Gasteiger partial charge in [-0.2, -0.15) is 0 Å². The predicted molar refractivity (Wildman–Crippen MR) is 124 cm³/mol. The first-order chi connectivity index (χ1) is 14.8. The molecule has 8 nitrogen and oxygen atoms in total. The molecule has 1 amide bonds. The van der Waals surface area contributed by atoms with E-state index >= 15 is 0 Å². The molecule has 2 heterocycles. The van der Waals surface area contributed by atoms with Gasteiger partial charge in [0.25, 0.3) is 11.5 Å². The van der Waals surface area contributed by atoms with Gasteiger partial charge in [0.05, 0.1) is 12.6 Å². The molecular weight excluding hydrogens is 394 g/mol. The first-order valence-corrected chi connectivity index (χ1v) is 12.1. The van der Waals surface area contributed by atoms with E-state index in [1.807, 2.05) is 13.8 Å². The van der Waals surface area contributed by atoms with E-state index in [2.05, 4.69) is 11.9 Å². The second kappa shape index (κ2) is 10.5. The molecule has 1 aliphatic heterocycles. The maximum absolute atomic E-state index is 13.5. The maximum atomic E-state index is 13.5. The third-order valence-corrected chi connectivity index (χ3v) is 6.95. The highest BCUT2D eigenvalue weighted by Gasteiger charge is 2.38. The zero-order valence-corrected chi connectivity index (χ0v) is 19.4. The first kappa shape index (κ1) is 23.6. The molecule has 174 valence electrons. The smallest absolute Gasteiger partial charge is 0.330 e. The van der Waals surface area contributed by atoms with E-state index in [1.165, 1.54) is 41.6 Å². The first-order valence-electron chi connectivity index (χ1n) is 12.1. The summed E-state index contributed by atoms with van der Waals surface area (Å²) in [4.78, 5) is 43.9. The molecule has 0 aromatic carbocycles. The SMILES string of the molecule is CCCCN(C(=O)C[NH+]1CCC[C@H]2CCCC[C@@H]21)c1c(N)n(CC(C)C)c(=O)[nH]c1=O. The van der Waals surface area contributed by atoms with Gasteiger partial charge in [-0.1, -0.05) is 33.6 Å². The highest BCUT2D eigenvalue weighted by atomic mass is 16.2. The van der Waals surface area contributed by atoms with Crippen molar-refractivity contribution >= 4 is 17.4 Å². The van der Waals surface area contributed by atoms with Crippen LogP contribution in [0.4, 0.5) is 11.5 Å². The van der Waals surface area contributed by atoms with Gasteiger partial charge < -0.3 is 10.6 Å². The van der Waals surface area contributed by atoms with Gasteiger partial charge in [-0.25, -0.2) is 4.79 Å². The minimum absolute atomic E-state index is 0.0679. The lowest BCUT2D eigenvalue weighted by atomic mass is 9.78. The van der Waals surface area contributed by atoms with E-state index < -0.39 is 11.2 Å². The fourth-order valence-electron chi connectivity index (χ4n) is 5.44. The Morgan fingerprint density at radius 3 is 2.65 bits per heavy atom. The summed E-state index contributed by atoms with van der Waals surface area (Å²) >= 11 is 0. The van der Waals surface area contributed by atoms with Crippen LogP contribution in [0.3, 0.4) is 0 Å². The lowest BCUT2D eigenvalue weighted by Gasteiger charge is -2.41. The van der Waals surface area contributed by atoms with Crippen LogP contribution < -0.4 is 26.8 Å². The van der Waals surface area contributed by atoms with Crippen molar-refractivity contribution in [3.05, 3.63) is 20.8 Å². The number of carbonyl (C=O) groups is 1. The number of fused-ring (bicyclic) bond motifs is 1. The lowest BCUT2D eigenvalue weighted by molar-refractivity contribution is -0.928. The minimum atomic E-state index is -0.573. The van der Waals surface area contributed by atoms with E-state index in [1.54, 1.807) is 4.90 Å². The highest BCUT2D eigenvalue weighted by Crippen LogP contribution is 2.28. The van der Waals surface area contributed by atoms with Crippen LogP contribution in [0.1, 0.15) is 72.1 Å². The van der Waals surface area contributed by atoms with Crippen molar-refractivity contribution in [3.8, 4) is 0 Å². The molecule has 0 spiro atoms. The molecular formula is C23H40N5O3+. The average molecular weight is 435 g/mol. The van der Waals surface area contributed by atoms with Crippen LogP contribution in [-0.4, -0.2) is 41.1 Å². The van der Waals surface area contributed by atoms with Gasteiger partial charge in [-0.15, -0.1) is 0 Å². The highest BCUT2D eigenvalue weighted by molar-refractivity contribution is 5.96. The average Bonchev–Trinajstić information content (AvgIpc) is 2.73. The summed E-state index contributed by atoms with van der Waals surface area (Å²) in [5, 5.41) is 0. The van der Waals surface area contributed by atoms with E-state index in [0.717, 1.165) is 31.7 Å². The van der Waals surface area contributed by atoms with Gasteiger partial charge in [0.15, 0.2) is 12.2 Å². The van der Waals surface area contributed by atoms with Gasteiger partial charge in [-0.3, -0.25) is 24.0 Å². The number of quaternary nitrogens is 1. The summed E-state index contributed by atoms with van der Waals surface area (Å²) in [7, 11) is 0. The number of anilines is 2. The number of nitrogens with two attached hydrogens (primary N) is 1. The summed E-state index contributed by atoms with van der Waals surface area (Å²) in [6.45, 7) is 8.24. The number of hydrogen-bond donors (Lipinski definition) is 3. The Bertz CT molecular complexity index is 873.